The highest BCUT2D eigenvalue weighted by molar-refractivity contribution is 8.02. The zero-order chi connectivity index (χ0) is 28.2. The van der Waals surface area contributed by atoms with Crippen molar-refractivity contribution in [2.24, 2.45) is 0 Å². The van der Waals surface area contributed by atoms with Crippen molar-refractivity contribution in [2.75, 3.05) is 0 Å². The summed E-state index contributed by atoms with van der Waals surface area (Å²) in [6, 6.07) is 31.3. The minimum atomic E-state index is -0.440. The number of rotatable bonds is 11. The Morgan fingerprint density at radius 2 is 1.12 bits per heavy atom. The third-order valence-corrected chi connectivity index (χ3v) is 8.76. The smallest absolute Gasteiger partial charge is 0.336 e. The first-order valence-corrected chi connectivity index (χ1v) is 15.6. The minimum absolute atomic E-state index is 0.356. The van der Waals surface area contributed by atoms with Crippen molar-refractivity contribution in [1.82, 2.24) is 0 Å². The Hall–Kier alpha value is -3.30. The van der Waals surface area contributed by atoms with Crippen LogP contribution in [0.15, 0.2) is 149 Å². The fourth-order valence-corrected chi connectivity index (χ4v) is 6.15. The maximum atomic E-state index is 12.3. The number of allylic oxidation sites excluding steroid dienone is 1. The van der Waals surface area contributed by atoms with Crippen molar-refractivity contribution >= 4 is 59.0 Å². The number of hydrogen-bond acceptors (Lipinski definition) is 8. The Balaban J connectivity index is 1.23. The van der Waals surface area contributed by atoms with Crippen LogP contribution < -0.4 is 9.47 Å². The van der Waals surface area contributed by atoms with Crippen LogP contribution in [0.4, 0.5) is 0 Å². The van der Waals surface area contributed by atoms with E-state index in [2.05, 4.69) is 41.8 Å². The van der Waals surface area contributed by atoms with Gasteiger partial charge in [0.25, 0.3) is 0 Å². The molecule has 0 radical (unpaired) electrons. The van der Waals surface area contributed by atoms with Gasteiger partial charge in [-0.05, 0) is 109 Å². The predicted octanol–water partition coefficient (Wildman–Crippen LogP) is 9.75. The molecule has 0 bridgehead atoms. The lowest BCUT2D eigenvalue weighted by Crippen LogP contribution is -2.03. The minimum Gasteiger partial charge on any atom is -0.427 e. The van der Waals surface area contributed by atoms with Gasteiger partial charge in [0.05, 0.1) is 0 Å². The molecule has 0 aliphatic rings. The van der Waals surface area contributed by atoms with Gasteiger partial charge in [0.15, 0.2) is 0 Å². The van der Waals surface area contributed by atoms with E-state index in [1.54, 1.807) is 53.2 Å². The molecule has 0 spiro atoms. The number of ether oxygens (including phenoxy) is 2. The first-order chi connectivity index (χ1) is 19.5. The van der Waals surface area contributed by atoms with E-state index in [0.717, 1.165) is 19.6 Å². The Labute approximate surface area is 251 Å². The van der Waals surface area contributed by atoms with Crippen LogP contribution in [-0.4, -0.2) is 11.9 Å². The lowest BCUT2D eigenvalue weighted by molar-refractivity contribution is -0.132. The number of carbonyl (C=O) groups excluding carboxylic acids is 2. The molecule has 0 atom stereocenters. The average molecular weight is 603 g/mol. The highest BCUT2D eigenvalue weighted by Crippen LogP contribution is 2.33. The second-order valence-electron chi connectivity index (χ2n) is 8.12. The van der Waals surface area contributed by atoms with Crippen LogP contribution in [0.3, 0.4) is 0 Å². The van der Waals surface area contributed by atoms with E-state index in [1.807, 2.05) is 49.4 Å². The zero-order valence-electron chi connectivity index (χ0n) is 21.8. The van der Waals surface area contributed by atoms with Gasteiger partial charge in [0.2, 0.25) is 0 Å². The van der Waals surface area contributed by atoms with Gasteiger partial charge in [-0.2, -0.15) is 0 Å². The van der Waals surface area contributed by atoms with E-state index in [9.17, 15) is 9.59 Å². The van der Waals surface area contributed by atoms with E-state index in [1.165, 1.54) is 46.3 Å². The van der Waals surface area contributed by atoms with Crippen molar-refractivity contribution in [3.8, 4) is 11.5 Å². The summed E-state index contributed by atoms with van der Waals surface area (Å²) in [5.74, 6) is 0.173. The molecule has 8 heteroatoms. The zero-order valence-corrected chi connectivity index (χ0v) is 25.1. The summed E-state index contributed by atoms with van der Waals surface area (Å²) in [6.07, 6.45) is 3.45. The standard InChI is InChI=1S/C32H26O4S4/c1-3-20-37-26-11-15-29(16-12-26)39-30-17-13-27(14-18-30)38-21-19-32(34)36-24-7-9-28(10-8-24)40-31-6-4-5-25(22-31)35-23(2)33/h3-22H,1-2H3. The number of thioether (sulfide) groups is 2. The molecule has 4 nitrogen and oxygen atoms in total. The van der Waals surface area contributed by atoms with Gasteiger partial charge in [0.1, 0.15) is 11.5 Å². The third-order valence-electron chi connectivity index (χ3n) is 4.98. The second kappa shape index (κ2) is 15.5. The Bertz CT molecular complexity index is 1480. The molecule has 0 saturated heterocycles. The van der Waals surface area contributed by atoms with E-state index in [-0.39, 0.29) is 5.97 Å². The summed E-state index contributed by atoms with van der Waals surface area (Å²) in [5, 5.41) is 3.80. The van der Waals surface area contributed by atoms with Crippen LogP contribution in [0.1, 0.15) is 13.8 Å². The molecule has 0 aliphatic carbocycles. The van der Waals surface area contributed by atoms with Crippen LogP contribution in [0, 0.1) is 0 Å². The van der Waals surface area contributed by atoms with Crippen LogP contribution in [-0.2, 0) is 9.59 Å². The number of hydrogen-bond donors (Lipinski definition) is 0. The van der Waals surface area contributed by atoms with Gasteiger partial charge in [-0.25, -0.2) is 4.79 Å². The summed E-state index contributed by atoms with van der Waals surface area (Å²) in [5.41, 5.74) is 0. The fraction of sp³-hybridized carbons (Fsp3) is 0.0625. The average Bonchev–Trinajstić information content (AvgIpc) is 2.94. The predicted molar refractivity (Wildman–Crippen MR) is 167 cm³/mol. The molecule has 40 heavy (non-hydrogen) atoms. The first kappa shape index (κ1) is 29.7. The first-order valence-electron chi connectivity index (χ1n) is 12.2. The summed E-state index contributed by atoms with van der Waals surface area (Å²) in [4.78, 5) is 29.9. The van der Waals surface area contributed by atoms with Gasteiger partial charge in [0, 0.05) is 42.4 Å². The SMILES string of the molecule is CC=CSc1ccc(Sc2ccc(SC=CC(=O)Oc3ccc(Sc4cccc(OC(C)=O)c4)cc3)cc2)cc1. The molecular weight excluding hydrogens is 577 g/mol. The van der Waals surface area contributed by atoms with Crippen molar-refractivity contribution in [1.29, 1.82) is 0 Å². The highest BCUT2D eigenvalue weighted by Gasteiger charge is 2.05. The topological polar surface area (TPSA) is 52.6 Å². The lowest BCUT2D eigenvalue weighted by atomic mass is 10.3. The molecule has 0 aromatic heterocycles. The van der Waals surface area contributed by atoms with Gasteiger partial charge < -0.3 is 9.47 Å². The molecule has 4 aromatic rings. The fourth-order valence-electron chi connectivity index (χ4n) is 3.25. The third kappa shape index (κ3) is 10.0. The normalized spacial score (nSPS) is 11.2. The lowest BCUT2D eigenvalue weighted by Gasteiger charge is -2.06. The Kier molecular flexibility index (Phi) is 11.5. The maximum absolute atomic E-state index is 12.3. The molecule has 4 rings (SSSR count). The molecule has 0 saturated carbocycles. The van der Waals surface area contributed by atoms with Crippen molar-refractivity contribution in [3.63, 3.8) is 0 Å². The maximum Gasteiger partial charge on any atom is 0.336 e. The highest BCUT2D eigenvalue weighted by atomic mass is 32.2. The number of carbonyl (C=O) groups is 2. The number of esters is 2. The van der Waals surface area contributed by atoms with Crippen molar-refractivity contribution in [2.45, 2.75) is 43.2 Å². The molecule has 0 unspecified atom stereocenters. The van der Waals surface area contributed by atoms with Crippen LogP contribution in [0.5, 0.6) is 11.5 Å². The molecule has 0 N–H and O–H groups in total. The van der Waals surface area contributed by atoms with Gasteiger partial charge in [-0.3, -0.25) is 4.79 Å². The summed E-state index contributed by atoms with van der Waals surface area (Å²) in [6.45, 7) is 3.39. The van der Waals surface area contributed by atoms with Gasteiger partial charge >= 0.3 is 11.9 Å². The van der Waals surface area contributed by atoms with Crippen LogP contribution >= 0.6 is 47.0 Å². The molecule has 0 heterocycles. The van der Waals surface area contributed by atoms with Crippen molar-refractivity contribution in [3.05, 3.63) is 120 Å². The van der Waals surface area contributed by atoms with E-state index in [4.69, 9.17) is 9.47 Å². The molecule has 0 amide bonds. The van der Waals surface area contributed by atoms with E-state index >= 15 is 0 Å². The largest absolute Gasteiger partial charge is 0.427 e. The summed E-state index contributed by atoms with van der Waals surface area (Å²) in [7, 11) is 0. The molecule has 0 aliphatic heterocycles. The molecule has 0 fully saturated rings. The summed E-state index contributed by atoms with van der Waals surface area (Å²) < 4.78 is 10.6. The number of benzene rings is 4. The summed E-state index contributed by atoms with van der Waals surface area (Å²) >= 11 is 6.40. The monoisotopic (exact) mass is 602 g/mol. The molecular formula is C32H26O4S4. The van der Waals surface area contributed by atoms with E-state index in [0.29, 0.717) is 11.5 Å². The second-order valence-corrected chi connectivity index (χ2v) is 12.4. The Morgan fingerprint density at radius 3 is 1.70 bits per heavy atom. The van der Waals surface area contributed by atoms with Crippen molar-refractivity contribution < 1.29 is 19.1 Å². The molecule has 202 valence electrons. The van der Waals surface area contributed by atoms with Gasteiger partial charge in [-0.15, -0.1) is 0 Å². The van der Waals surface area contributed by atoms with Crippen LogP contribution in [0.25, 0.3) is 0 Å². The Morgan fingerprint density at radius 1 is 0.600 bits per heavy atom. The van der Waals surface area contributed by atoms with E-state index < -0.39 is 5.97 Å². The van der Waals surface area contributed by atoms with Crippen LogP contribution in [0.2, 0.25) is 0 Å². The molecule has 4 aromatic carbocycles. The van der Waals surface area contributed by atoms with Gasteiger partial charge in [-0.1, -0.05) is 59.2 Å². The quantitative estimate of drug-likeness (QED) is 0.0728.